The number of carboxylic acids is 1. The third-order valence-corrected chi connectivity index (χ3v) is 8.93. The lowest BCUT2D eigenvalue weighted by Crippen LogP contribution is -2.51. The Kier molecular flexibility index (Phi) is 12.0. The van der Waals surface area contributed by atoms with Gasteiger partial charge in [0.1, 0.15) is 5.60 Å². The van der Waals surface area contributed by atoms with E-state index in [0.29, 0.717) is 5.92 Å². The van der Waals surface area contributed by atoms with Crippen molar-refractivity contribution < 1.29 is 19.7 Å². The molecule has 2 rings (SSSR count). The predicted molar refractivity (Wildman–Crippen MR) is 150 cm³/mol. The molecule has 4 heteroatoms. The van der Waals surface area contributed by atoms with E-state index in [4.69, 9.17) is 9.84 Å². The summed E-state index contributed by atoms with van der Waals surface area (Å²) in [7, 11) is 0. The molecule has 0 spiro atoms. The van der Waals surface area contributed by atoms with Crippen LogP contribution in [0.3, 0.4) is 0 Å². The summed E-state index contributed by atoms with van der Waals surface area (Å²) in [6, 6.07) is 0. The number of hydrogen-bond acceptors (Lipinski definition) is 3. The van der Waals surface area contributed by atoms with Crippen LogP contribution in [0.15, 0.2) is 34.4 Å². The Labute approximate surface area is 221 Å². The maximum absolute atomic E-state index is 10.9. The number of ether oxygens (including phenoxy) is 1. The van der Waals surface area contributed by atoms with Crippen LogP contribution in [0.4, 0.5) is 0 Å². The highest BCUT2D eigenvalue weighted by Crippen LogP contribution is 2.51. The lowest BCUT2D eigenvalue weighted by molar-refractivity contribution is -0.146. The summed E-state index contributed by atoms with van der Waals surface area (Å²) in [5, 5.41) is 19.5. The van der Waals surface area contributed by atoms with E-state index < -0.39 is 12.1 Å². The number of carboxylic acid groups (broad SMARTS) is 1. The van der Waals surface area contributed by atoms with Gasteiger partial charge >= 0.3 is 5.97 Å². The van der Waals surface area contributed by atoms with Crippen molar-refractivity contribution in [2.75, 3.05) is 0 Å². The normalized spacial score (nSPS) is 28.5. The van der Waals surface area contributed by atoms with Gasteiger partial charge in [-0.3, -0.25) is 4.79 Å². The van der Waals surface area contributed by atoms with E-state index in [1.807, 2.05) is 0 Å². The highest BCUT2D eigenvalue weighted by Gasteiger charge is 2.49. The number of hydrogen-bond donors (Lipinski definition) is 2. The van der Waals surface area contributed by atoms with Crippen LogP contribution >= 0.6 is 0 Å². The SMILES string of the molecule is CCCCC12OC(C)(CCCC(C)CCCC(C)=CCCC(C)C(=O)O)CCC1=CC(O)C(C)=C2C. The topological polar surface area (TPSA) is 66.8 Å². The van der Waals surface area contributed by atoms with Gasteiger partial charge in [0, 0.05) is 0 Å². The molecule has 0 aromatic rings. The first-order valence-electron chi connectivity index (χ1n) is 14.6. The zero-order chi connectivity index (χ0) is 26.9. The van der Waals surface area contributed by atoms with Crippen LogP contribution in [-0.4, -0.2) is 33.5 Å². The molecule has 5 unspecified atom stereocenters. The van der Waals surface area contributed by atoms with Crippen molar-refractivity contribution in [2.24, 2.45) is 11.8 Å². The number of unbranched alkanes of at least 4 members (excludes halogenated alkanes) is 1. The lowest BCUT2D eigenvalue weighted by Gasteiger charge is -2.52. The predicted octanol–water partition coefficient (Wildman–Crippen LogP) is 8.55. The minimum atomic E-state index is -0.699. The molecule has 0 aromatic heterocycles. The van der Waals surface area contributed by atoms with Gasteiger partial charge in [0.15, 0.2) is 0 Å². The molecule has 5 atom stereocenters. The number of carbonyl (C=O) groups is 1. The Morgan fingerprint density at radius 1 is 1.17 bits per heavy atom. The number of aliphatic hydroxyl groups is 1. The van der Waals surface area contributed by atoms with Gasteiger partial charge in [-0.25, -0.2) is 0 Å². The van der Waals surface area contributed by atoms with Crippen molar-refractivity contribution in [2.45, 2.75) is 149 Å². The fourth-order valence-electron chi connectivity index (χ4n) is 6.03. The van der Waals surface area contributed by atoms with Gasteiger partial charge < -0.3 is 14.9 Å². The molecule has 0 saturated carbocycles. The van der Waals surface area contributed by atoms with Crippen molar-refractivity contribution in [1.82, 2.24) is 0 Å². The molecule has 1 saturated heterocycles. The zero-order valence-corrected chi connectivity index (χ0v) is 24.3. The maximum atomic E-state index is 10.9. The van der Waals surface area contributed by atoms with Crippen LogP contribution in [0.1, 0.15) is 132 Å². The Bertz CT molecular complexity index is 822. The zero-order valence-electron chi connectivity index (χ0n) is 24.3. The van der Waals surface area contributed by atoms with Crippen molar-refractivity contribution in [3.05, 3.63) is 34.4 Å². The van der Waals surface area contributed by atoms with Crippen molar-refractivity contribution in [3.8, 4) is 0 Å². The summed E-state index contributed by atoms with van der Waals surface area (Å²) in [6.07, 6.45) is 17.8. The second kappa shape index (κ2) is 14.0. The molecule has 1 aliphatic heterocycles. The highest BCUT2D eigenvalue weighted by molar-refractivity contribution is 5.69. The van der Waals surface area contributed by atoms with Gasteiger partial charge in [-0.1, -0.05) is 64.5 Å². The van der Waals surface area contributed by atoms with E-state index in [2.05, 4.69) is 53.7 Å². The monoisotopic (exact) mass is 502 g/mol. The molecule has 0 bridgehead atoms. The Morgan fingerprint density at radius 2 is 1.86 bits per heavy atom. The van der Waals surface area contributed by atoms with Gasteiger partial charge in [-0.05, 0) is 108 Å². The first-order valence-corrected chi connectivity index (χ1v) is 14.6. The summed E-state index contributed by atoms with van der Waals surface area (Å²) >= 11 is 0. The van der Waals surface area contributed by atoms with Crippen molar-refractivity contribution in [1.29, 1.82) is 0 Å². The molecule has 206 valence electrons. The fraction of sp³-hybridized carbons (Fsp3) is 0.781. The Balaban J connectivity index is 1.82. The maximum Gasteiger partial charge on any atom is 0.306 e. The average Bonchev–Trinajstić information content (AvgIpc) is 2.82. The summed E-state index contributed by atoms with van der Waals surface area (Å²) in [6.45, 7) is 15.1. The van der Waals surface area contributed by atoms with Gasteiger partial charge in [0.05, 0.1) is 17.6 Å². The van der Waals surface area contributed by atoms with Crippen LogP contribution in [0.25, 0.3) is 0 Å². The van der Waals surface area contributed by atoms with Crippen molar-refractivity contribution in [3.63, 3.8) is 0 Å². The second-order valence-electron chi connectivity index (χ2n) is 12.2. The van der Waals surface area contributed by atoms with E-state index in [0.717, 1.165) is 63.4 Å². The molecular formula is C32H54O4. The highest BCUT2D eigenvalue weighted by atomic mass is 16.5. The number of aliphatic hydroxyl groups excluding tert-OH is 1. The molecule has 1 aliphatic carbocycles. The van der Waals surface area contributed by atoms with Crippen LogP contribution in [0, 0.1) is 11.8 Å². The summed E-state index contributed by atoms with van der Waals surface area (Å²) in [4.78, 5) is 10.9. The molecule has 1 heterocycles. The number of aliphatic carboxylic acids is 1. The van der Waals surface area contributed by atoms with Crippen molar-refractivity contribution >= 4 is 5.97 Å². The first kappa shape index (κ1) is 30.8. The first-order chi connectivity index (χ1) is 16.9. The molecular weight excluding hydrogens is 448 g/mol. The standard InChI is InChI=1S/C32H54O4/c1-8-9-20-32-27(6)26(5)29(33)22-28(32)18-21-31(7,36-32)19-12-16-24(3)14-10-13-23(2)15-11-17-25(4)30(34)35/h15,22,24-25,29,33H,8-14,16-21H2,1-7H3,(H,34,35). The van der Waals surface area contributed by atoms with Crippen LogP contribution in [0.2, 0.25) is 0 Å². The largest absolute Gasteiger partial charge is 0.481 e. The van der Waals surface area contributed by atoms with Crippen LogP contribution in [-0.2, 0) is 9.53 Å². The molecule has 0 aromatic carbocycles. The number of rotatable bonds is 15. The summed E-state index contributed by atoms with van der Waals surface area (Å²) < 4.78 is 7.08. The lowest BCUT2D eigenvalue weighted by atomic mass is 9.69. The number of fused-ring (bicyclic) bond motifs is 1. The van der Waals surface area contributed by atoms with Crippen LogP contribution < -0.4 is 0 Å². The Hall–Kier alpha value is -1.39. The van der Waals surface area contributed by atoms with E-state index in [1.54, 1.807) is 6.92 Å². The average molecular weight is 503 g/mol. The minimum Gasteiger partial charge on any atom is -0.481 e. The van der Waals surface area contributed by atoms with Gasteiger partial charge in [0.25, 0.3) is 0 Å². The second-order valence-corrected chi connectivity index (χ2v) is 12.2. The fourth-order valence-corrected chi connectivity index (χ4v) is 6.03. The quantitative estimate of drug-likeness (QED) is 0.220. The van der Waals surface area contributed by atoms with Gasteiger partial charge in [-0.2, -0.15) is 0 Å². The molecule has 2 N–H and O–H groups in total. The van der Waals surface area contributed by atoms with Gasteiger partial charge in [-0.15, -0.1) is 0 Å². The van der Waals surface area contributed by atoms with E-state index in [9.17, 15) is 9.90 Å². The minimum absolute atomic E-state index is 0.110. The molecule has 36 heavy (non-hydrogen) atoms. The van der Waals surface area contributed by atoms with E-state index in [1.165, 1.54) is 42.4 Å². The smallest absolute Gasteiger partial charge is 0.306 e. The van der Waals surface area contributed by atoms with Crippen LogP contribution in [0.5, 0.6) is 0 Å². The third-order valence-electron chi connectivity index (χ3n) is 8.93. The molecule has 1 fully saturated rings. The van der Waals surface area contributed by atoms with E-state index in [-0.39, 0.29) is 17.1 Å². The molecule has 0 radical (unpaired) electrons. The van der Waals surface area contributed by atoms with Gasteiger partial charge in [0.2, 0.25) is 0 Å². The third kappa shape index (κ3) is 8.31. The molecule has 0 amide bonds. The summed E-state index contributed by atoms with van der Waals surface area (Å²) in [5.74, 6) is -0.258. The summed E-state index contributed by atoms with van der Waals surface area (Å²) in [5.41, 5.74) is 4.57. The Morgan fingerprint density at radius 3 is 2.53 bits per heavy atom. The number of allylic oxidation sites excluding steroid dienone is 2. The molecule has 4 nitrogen and oxygen atoms in total. The molecule has 2 aliphatic rings. The van der Waals surface area contributed by atoms with E-state index >= 15 is 0 Å².